The average Bonchev–Trinajstić information content (AvgIpc) is 2.35. The number of fused-ring (bicyclic) bond motifs is 1. The Morgan fingerprint density at radius 3 is 2.76 bits per heavy atom. The van der Waals surface area contributed by atoms with Gasteiger partial charge in [0.05, 0.1) is 24.4 Å². The van der Waals surface area contributed by atoms with E-state index in [0.717, 1.165) is 16.5 Å². The summed E-state index contributed by atoms with van der Waals surface area (Å²) in [6, 6.07) is 9.95. The second-order valence-electron chi connectivity index (χ2n) is 4.41. The van der Waals surface area contributed by atoms with Crippen LogP contribution in [0.5, 0.6) is 0 Å². The number of aromatic nitrogens is 1. The first kappa shape index (κ1) is 12.0. The molecule has 0 radical (unpaired) electrons. The lowest BCUT2D eigenvalue weighted by Crippen LogP contribution is -2.20. The molecule has 0 aliphatic heterocycles. The van der Waals surface area contributed by atoms with Gasteiger partial charge in [0.25, 0.3) is 0 Å². The Bertz CT molecular complexity index is 491. The van der Waals surface area contributed by atoms with Gasteiger partial charge in [-0.25, -0.2) is 0 Å². The van der Waals surface area contributed by atoms with Crippen LogP contribution in [0.3, 0.4) is 0 Å². The SMILES string of the molecule is CC(C)OCC(N)c1nccc2ccccc12. The molecule has 1 atom stereocenters. The maximum Gasteiger partial charge on any atom is 0.0714 e. The molecule has 1 heterocycles. The van der Waals surface area contributed by atoms with Crippen LogP contribution in [-0.2, 0) is 4.74 Å². The molecule has 1 aromatic heterocycles. The fourth-order valence-corrected chi connectivity index (χ4v) is 1.81. The standard InChI is InChI=1S/C14H18N2O/c1-10(2)17-9-13(15)14-12-6-4-3-5-11(12)7-8-16-14/h3-8,10,13H,9,15H2,1-2H3. The van der Waals surface area contributed by atoms with Crippen molar-refractivity contribution in [1.29, 1.82) is 0 Å². The Balaban J connectivity index is 2.28. The summed E-state index contributed by atoms with van der Waals surface area (Å²) in [5, 5.41) is 2.27. The number of nitrogens with two attached hydrogens (primary N) is 1. The molecule has 0 amide bonds. The van der Waals surface area contributed by atoms with Gasteiger partial charge in [0, 0.05) is 11.6 Å². The summed E-state index contributed by atoms with van der Waals surface area (Å²) in [7, 11) is 0. The first-order chi connectivity index (χ1) is 8.18. The Morgan fingerprint density at radius 1 is 1.24 bits per heavy atom. The molecule has 0 aliphatic rings. The van der Waals surface area contributed by atoms with Crippen molar-refractivity contribution < 1.29 is 4.74 Å². The van der Waals surface area contributed by atoms with Gasteiger partial charge >= 0.3 is 0 Å². The van der Waals surface area contributed by atoms with Gasteiger partial charge in [-0.3, -0.25) is 4.98 Å². The van der Waals surface area contributed by atoms with Crippen molar-refractivity contribution >= 4 is 10.8 Å². The predicted octanol–water partition coefficient (Wildman–Crippen LogP) is 2.66. The molecule has 2 N–H and O–H groups in total. The molecule has 0 saturated heterocycles. The van der Waals surface area contributed by atoms with Gasteiger partial charge in [-0.15, -0.1) is 0 Å². The molecular formula is C14H18N2O. The molecule has 0 bridgehead atoms. The molecule has 0 saturated carbocycles. The van der Waals surface area contributed by atoms with E-state index in [-0.39, 0.29) is 12.1 Å². The number of hydrogen-bond acceptors (Lipinski definition) is 3. The van der Waals surface area contributed by atoms with E-state index in [0.29, 0.717) is 6.61 Å². The zero-order valence-electron chi connectivity index (χ0n) is 10.3. The van der Waals surface area contributed by atoms with Gasteiger partial charge in [0.1, 0.15) is 0 Å². The van der Waals surface area contributed by atoms with E-state index in [9.17, 15) is 0 Å². The fourth-order valence-electron chi connectivity index (χ4n) is 1.81. The van der Waals surface area contributed by atoms with Gasteiger partial charge in [0.2, 0.25) is 0 Å². The van der Waals surface area contributed by atoms with E-state index in [1.54, 1.807) is 6.20 Å². The molecule has 3 nitrogen and oxygen atoms in total. The lowest BCUT2D eigenvalue weighted by Gasteiger charge is -2.15. The summed E-state index contributed by atoms with van der Waals surface area (Å²) in [5.41, 5.74) is 7.03. The van der Waals surface area contributed by atoms with Gasteiger partial charge in [-0.05, 0) is 25.3 Å². The molecule has 0 spiro atoms. The van der Waals surface area contributed by atoms with Crippen LogP contribution in [0.25, 0.3) is 10.8 Å². The molecule has 0 aliphatic carbocycles. The topological polar surface area (TPSA) is 48.1 Å². The monoisotopic (exact) mass is 230 g/mol. The predicted molar refractivity (Wildman–Crippen MR) is 69.8 cm³/mol. The lowest BCUT2D eigenvalue weighted by atomic mass is 10.1. The summed E-state index contributed by atoms with van der Waals surface area (Å²) >= 11 is 0. The summed E-state index contributed by atoms with van der Waals surface area (Å²) in [5.74, 6) is 0. The highest BCUT2D eigenvalue weighted by atomic mass is 16.5. The number of nitrogens with zero attached hydrogens (tertiary/aromatic N) is 1. The van der Waals surface area contributed by atoms with Crippen LogP contribution in [0, 0.1) is 0 Å². The van der Waals surface area contributed by atoms with Crippen molar-refractivity contribution in [3.63, 3.8) is 0 Å². The van der Waals surface area contributed by atoms with Crippen LogP contribution in [0.2, 0.25) is 0 Å². The maximum absolute atomic E-state index is 6.12. The molecule has 0 fully saturated rings. The van der Waals surface area contributed by atoms with Gasteiger partial charge in [-0.1, -0.05) is 24.3 Å². The zero-order valence-corrected chi connectivity index (χ0v) is 10.3. The molecular weight excluding hydrogens is 212 g/mol. The molecule has 90 valence electrons. The van der Waals surface area contributed by atoms with Gasteiger partial charge < -0.3 is 10.5 Å². The summed E-state index contributed by atoms with van der Waals surface area (Å²) in [6.45, 7) is 4.51. The van der Waals surface area contributed by atoms with E-state index in [4.69, 9.17) is 10.5 Å². The first-order valence-corrected chi connectivity index (χ1v) is 5.89. The molecule has 17 heavy (non-hydrogen) atoms. The van der Waals surface area contributed by atoms with E-state index in [2.05, 4.69) is 11.1 Å². The fraction of sp³-hybridized carbons (Fsp3) is 0.357. The minimum absolute atomic E-state index is 0.177. The van der Waals surface area contributed by atoms with Crippen molar-refractivity contribution in [3.05, 3.63) is 42.2 Å². The third-order valence-electron chi connectivity index (χ3n) is 2.66. The second kappa shape index (κ2) is 5.25. The molecule has 3 heteroatoms. The first-order valence-electron chi connectivity index (χ1n) is 5.89. The molecule has 2 aromatic rings. The van der Waals surface area contributed by atoms with Crippen LogP contribution in [0.4, 0.5) is 0 Å². The highest BCUT2D eigenvalue weighted by molar-refractivity contribution is 5.84. The molecule has 2 rings (SSSR count). The third kappa shape index (κ3) is 2.81. The third-order valence-corrected chi connectivity index (χ3v) is 2.66. The Hall–Kier alpha value is -1.45. The quantitative estimate of drug-likeness (QED) is 0.878. The largest absolute Gasteiger partial charge is 0.377 e. The average molecular weight is 230 g/mol. The second-order valence-corrected chi connectivity index (χ2v) is 4.41. The molecule has 1 aromatic carbocycles. The Morgan fingerprint density at radius 2 is 2.00 bits per heavy atom. The van der Waals surface area contributed by atoms with E-state index in [1.165, 1.54) is 0 Å². The molecule has 1 unspecified atom stereocenters. The number of pyridine rings is 1. The number of rotatable bonds is 4. The summed E-state index contributed by atoms with van der Waals surface area (Å²) < 4.78 is 5.54. The van der Waals surface area contributed by atoms with E-state index >= 15 is 0 Å². The lowest BCUT2D eigenvalue weighted by molar-refractivity contribution is 0.0679. The van der Waals surface area contributed by atoms with Crippen molar-refractivity contribution in [2.24, 2.45) is 5.73 Å². The summed E-state index contributed by atoms with van der Waals surface area (Å²) in [6.07, 6.45) is 1.99. The van der Waals surface area contributed by atoms with Crippen LogP contribution in [-0.4, -0.2) is 17.7 Å². The number of benzene rings is 1. The zero-order chi connectivity index (χ0) is 12.3. The smallest absolute Gasteiger partial charge is 0.0714 e. The van der Waals surface area contributed by atoms with Crippen LogP contribution in [0.15, 0.2) is 36.5 Å². The van der Waals surface area contributed by atoms with Crippen molar-refractivity contribution in [1.82, 2.24) is 4.98 Å². The van der Waals surface area contributed by atoms with E-state index in [1.807, 2.05) is 38.1 Å². The highest BCUT2D eigenvalue weighted by Crippen LogP contribution is 2.21. The Kier molecular flexibility index (Phi) is 3.71. The van der Waals surface area contributed by atoms with E-state index < -0.39 is 0 Å². The van der Waals surface area contributed by atoms with Crippen LogP contribution < -0.4 is 5.73 Å². The summed E-state index contributed by atoms with van der Waals surface area (Å²) in [4.78, 5) is 4.38. The normalized spacial score (nSPS) is 13.2. The highest BCUT2D eigenvalue weighted by Gasteiger charge is 2.11. The minimum atomic E-state index is -0.177. The minimum Gasteiger partial charge on any atom is -0.377 e. The van der Waals surface area contributed by atoms with Gasteiger partial charge in [0.15, 0.2) is 0 Å². The van der Waals surface area contributed by atoms with Crippen LogP contribution >= 0.6 is 0 Å². The maximum atomic E-state index is 6.12. The van der Waals surface area contributed by atoms with Crippen LogP contribution in [0.1, 0.15) is 25.6 Å². The van der Waals surface area contributed by atoms with Crippen molar-refractivity contribution in [2.75, 3.05) is 6.61 Å². The van der Waals surface area contributed by atoms with Crippen molar-refractivity contribution in [3.8, 4) is 0 Å². The van der Waals surface area contributed by atoms with Gasteiger partial charge in [-0.2, -0.15) is 0 Å². The van der Waals surface area contributed by atoms with Crippen molar-refractivity contribution in [2.45, 2.75) is 26.0 Å². The number of hydrogen-bond donors (Lipinski definition) is 1. The Labute approximate surface area is 102 Å². The number of ether oxygens (including phenoxy) is 1.